The van der Waals surface area contributed by atoms with Crippen LogP contribution in [0.4, 0.5) is 0 Å². The summed E-state index contributed by atoms with van der Waals surface area (Å²) in [6.45, 7) is 4.47. The Kier molecular flexibility index (Phi) is 3.77. The maximum Gasteiger partial charge on any atom is 0.230 e. The third kappa shape index (κ3) is 2.59. The third-order valence-corrected chi connectivity index (χ3v) is 2.52. The maximum atomic E-state index is 12.2. The number of ketones is 1. The van der Waals surface area contributed by atoms with Gasteiger partial charge in [0.05, 0.1) is 19.1 Å². The molecule has 2 aromatic rings. The highest BCUT2D eigenvalue weighted by Gasteiger charge is 2.16. The average molecular weight is 245 g/mol. The van der Waals surface area contributed by atoms with E-state index in [0.29, 0.717) is 23.7 Å². The van der Waals surface area contributed by atoms with E-state index < -0.39 is 0 Å². The van der Waals surface area contributed by atoms with Crippen molar-refractivity contribution in [2.24, 2.45) is 0 Å². The molecule has 0 saturated heterocycles. The maximum absolute atomic E-state index is 12.2. The van der Waals surface area contributed by atoms with E-state index in [2.05, 4.69) is 4.98 Å². The van der Waals surface area contributed by atoms with Gasteiger partial charge in [0.15, 0.2) is 5.76 Å². The van der Waals surface area contributed by atoms with Crippen LogP contribution in [0.15, 0.2) is 35.2 Å². The van der Waals surface area contributed by atoms with Crippen LogP contribution in [0.1, 0.15) is 35.0 Å². The summed E-state index contributed by atoms with van der Waals surface area (Å²) in [5.41, 5.74) is 1.29. The van der Waals surface area contributed by atoms with Gasteiger partial charge in [0, 0.05) is 11.8 Å². The van der Waals surface area contributed by atoms with Gasteiger partial charge < -0.3 is 9.15 Å². The monoisotopic (exact) mass is 245 g/mol. The molecule has 0 unspecified atom stereocenters. The topological polar surface area (TPSA) is 52.3 Å². The molecule has 0 amide bonds. The second kappa shape index (κ2) is 5.49. The van der Waals surface area contributed by atoms with E-state index in [1.54, 1.807) is 18.3 Å². The van der Waals surface area contributed by atoms with Crippen molar-refractivity contribution < 1.29 is 13.9 Å². The minimum atomic E-state index is -0.174. The van der Waals surface area contributed by atoms with Gasteiger partial charge in [0.25, 0.3) is 0 Å². The first-order valence-electron chi connectivity index (χ1n) is 5.89. The molecule has 4 nitrogen and oxygen atoms in total. The normalized spacial score (nSPS) is 10.3. The lowest BCUT2D eigenvalue weighted by atomic mass is 10.1. The van der Waals surface area contributed by atoms with Crippen LogP contribution in [-0.4, -0.2) is 17.4 Å². The zero-order valence-corrected chi connectivity index (χ0v) is 10.5. The van der Waals surface area contributed by atoms with Gasteiger partial charge in [-0.25, -0.2) is 0 Å². The molecule has 0 spiro atoms. The fourth-order valence-corrected chi connectivity index (χ4v) is 1.58. The molecule has 0 saturated carbocycles. The van der Waals surface area contributed by atoms with Crippen LogP contribution in [-0.2, 0) is 0 Å². The SMILES string of the molecule is CCCOc1cncc(C(=O)c2occc2C)c1. The number of carbonyl (C=O) groups excluding carboxylic acids is 1. The van der Waals surface area contributed by atoms with E-state index in [1.807, 2.05) is 13.8 Å². The van der Waals surface area contributed by atoms with Crippen molar-refractivity contribution in [3.8, 4) is 5.75 Å². The molecule has 18 heavy (non-hydrogen) atoms. The average Bonchev–Trinajstić information content (AvgIpc) is 2.82. The van der Waals surface area contributed by atoms with Crippen LogP contribution < -0.4 is 4.74 Å². The third-order valence-electron chi connectivity index (χ3n) is 2.52. The van der Waals surface area contributed by atoms with Crippen LogP contribution in [0.2, 0.25) is 0 Å². The number of hydrogen-bond acceptors (Lipinski definition) is 4. The molecule has 2 heterocycles. The number of pyridine rings is 1. The van der Waals surface area contributed by atoms with Gasteiger partial charge in [0.1, 0.15) is 5.75 Å². The molecule has 4 heteroatoms. The molecule has 0 atom stereocenters. The number of nitrogens with zero attached hydrogens (tertiary/aromatic N) is 1. The molecule has 0 aliphatic heterocycles. The van der Waals surface area contributed by atoms with Crippen molar-refractivity contribution in [2.75, 3.05) is 6.61 Å². The summed E-state index contributed by atoms with van der Waals surface area (Å²) in [7, 11) is 0. The summed E-state index contributed by atoms with van der Waals surface area (Å²) in [6, 6.07) is 3.45. The van der Waals surface area contributed by atoms with Crippen molar-refractivity contribution in [3.63, 3.8) is 0 Å². The second-order valence-corrected chi connectivity index (χ2v) is 4.02. The smallest absolute Gasteiger partial charge is 0.230 e. The molecule has 0 bridgehead atoms. The summed E-state index contributed by atoms with van der Waals surface area (Å²) >= 11 is 0. The Bertz CT molecular complexity index is 545. The van der Waals surface area contributed by atoms with Crippen LogP contribution in [0.5, 0.6) is 5.75 Å². The molecular formula is C14H15NO3. The molecule has 2 aromatic heterocycles. The molecule has 0 aromatic carbocycles. The molecule has 0 N–H and O–H groups in total. The highest BCUT2D eigenvalue weighted by Crippen LogP contribution is 2.18. The Morgan fingerprint density at radius 1 is 1.44 bits per heavy atom. The largest absolute Gasteiger partial charge is 0.492 e. The molecule has 0 fully saturated rings. The first kappa shape index (κ1) is 12.4. The Labute approximate surface area is 106 Å². The first-order chi connectivity index (χ1) is 8.72. The Morgan fingerprint density at radius 2 is 2.28 bits per heavy atom. The van der Waals surface area contributed by atoms with E-state index in [9.17, 15) is 4.79 Å². The Morgan fingerprint density at radius 3 is 2.94 bits per heavy atom. The number of furan rings is 1. The zero-order chi connectivity index (χ0) is 13.0. The molecule has 0 aliphatic carbocycles. The zero-order valence-electron chi connectivity index (χ0n) is 10.5. The highest BCUT2D eigenvalue weighted by molar-refractivity contribution is 6.07. The molecule has 2 rings (SSSR count). The molecule has 0 radical (unpaired) electrons. The van der Waals surface area contributed by atoms with Crippen molar-refractivity contribution >= 4 is 5.78 Å². The predicted octanol–water partition coefficient (Wildman–Crippen LogP) is 3.00. The number of hydrogen-bond donors (Lipinski definition) is 0. The van der Waals surface area contributed by atoms with Crippen molar-refractivity contribution in [1.82, 2.24) is 4.98 Å². The van der Waals surface area contributed by atoms with Gasteiger partial charge in [-0.15, -0.1) is 0 Å². The minimum Gasteiger partial charge on any atom is -0.492 e. The molecular weight excluding hydrogens is 230 g/mol. The van der Waals surface area contributed by atoms with Gasteiger partial charge in [-0.05, 0) is 31.0 Å². The number of rotatable bonds is 5. The van der Waals surface area contributed by atoms with Crippen LogP contribution in [0, 0.1) is 6.92 Å². The van der Waals surface area contributed by atoms with Crippen LogP contribution >= 0.6 is 0 Å². The lowest BCUT2D eigenvalue weighted by molar-refractivity contribution is 0.101. The summed E-state index contributed by atoms with van der Waals surface area (Å²) in [6.07, 6.45) is 5.54. The van der Waals surface area contributed by atoms with Gasteiger partial charge in [0.2, 0.25) is 5.78 Å². The predicted molar refractivity (Wildman–Crippen MR) is 66.9 cm³/mol. The van der Waals surface area contributed by atoms with Gasteiger partial charge in [-0.1, -0.05) is 6.92 Å². The summed E-state index contributed by atoms with van der Waals surface area (Å²) in [5, 5.41) is 0. The van der Waals surface area contributed by atoms with E-state index in [4.69, 9.17) is 9.15 Å². The van der Waals surface area contributed by atoms with Crippen LogP contribution in [0.25, 0.3) is 0 Å². The summed E-state index contributed by atoms with van der Waals surface area (Å²) < 4.78 is 10.6. The fourth-order valence-electron chi connectivity index (χ4n) is 1.58. The highest BCUT2D eigenvalue weighted by atomic mass is 16.5. The lowest BCUT2D eigenvalue weighted by Crippen LogP contribution is -2.03. The van der Waals surface area contributed by atoms with Gasteiger partial charge in [-0.2, -0.15) is 0 Å². The summed E-state index contributed by atoms with van der Waals surface area (Å²) in [5.74, 6) is 0.781. The first-order valence-corrected chi connectivity index (χ1v) is 5.89. The van der Waals surface area contributed by atoms with Crippen molar-refractivity contribution in [1.29, 1.82) is 0 Å². The van der Waals surface area contributed by atoms with Gasteiger partial charge >= 0.3 is 0 Å². The number of aryl methyl sites for hydroxylation is 1. The van der Waals surface area contributed by atoms with E-state index in [0.717, 1.165) is 12.0 Å². The van der Waals surface area contributed by atoms with E-state index in [-0.39, 0.29) is 5.78 Å². The number of carbonyl (C=O) groups is 1. The molecule has 94 valence electrons. The standard InChI is InChI=1S/C14H15NO3/c1-3-5-17-12-7-11(8-15-9-12)13(16)14-10(2)4-6-18-14/h4,6-9H,3,5H2,1-2H3. The van der Waals surface area contributed by atoms with E-state index >= 15 is 0 Å². The van der Waals surface area contributed by atoms with Crippen molar-refractivity contribution in [3.05, 3.63) is 47.7 Å². The summed E-state index contributed by atoms with van der Waals surface area (Å²) in [4.78, 5) is 16.2. The number of aromatic nitrogens is 1. The van der Waals surface area contributed by atoms with Crippen LogP contribution in [0.3, 0.4) is 0 Å². The van der Waals surface area contributed by atoms with E-state index in [1.165, 1.54) is 12.5 Å². The quantitative estimate of drug-likeness (QED) is 0.760. The number of ether oxygens (including phenoxy) is 1. The van der Waals surface area contributed by atoms with Gasteiger partial charge in [-0.3, -0.25) is 9.78 Å². The molecule has 0 aliphatic rings. The van der Waals surface area contributed by atoms with Crippen molar-refractivity contribution in [2.45, 2.75) is 20.3 Å². The Balaban J connectivity index is 2.23. The second-order valence-electron chi connectivity index (χ2n) is 4.02. The fraction of sp³-hybridized carbons (Fsp3) is 0.286. The minimum absolute atomic E-state index is 0.174. The lowest BCUT2D eigenvalue weighted by Gasteiger charge is -2.05. The Hall–Kier alpha value is -2.10.